The quantitative estimate of drug-likeness (QED) is 0.766. The number of halogens is 1. The van der Waals surface area contributed by atoms with E-state index < -0.39 is 11.8 Å². The first-order chi connectivity index (χ1) is 13.0. The normalized spacial score (nSPS) is 14.5. The Morgan fingerprint density at radius 1 is 1.19 bits per heavy atom. The first kappa shape index (κ1) is 17.4. The molecule has 1 aliphatic rings. The third kappa shape index (κ3) is 3.21. The Kier molecular flexibility index (Phi) is 4.45. The minimum atomic E-state index is -1.10. The number of aryl methyl sites for hydroxylation is 1. The van der Waals surface area contributed by atoms with Crippen LogP contribution in [0.15, 0.2) is 36.7 Å². The zero-order valence-corrected chi connectivity index (χ0v) is 14.8. The molecule has 4 rings (SSSR count). The lowest BCUT2D eigenvalue weighted by Gasteiger charge is -2.29. The van der Waals surface area contributed by atoms with Crippen LogP contribution in [0.3, 0.4) is 0 Å². The molecule has 0 unspecified atom stereocenters. The predicted molar refractivity (Wildman–Crippen MR) is 99.7 cm³/mol. The Balaban J connectivity index is 1.83. The summed E-state index contributed by atoms with van der Waals surface area (Å²) in [5.41, 5.74) is 2.67. The summed E-state index contributed by atoms with van der Waals surface area (Å²) in [6.45, 7) is 4.54. The van der Waals surface area contributed by atoms with Crippen molar-refractivity contribution in [2.75, 3.05) is 31.2 Å². The fraction of sp³-hybridized carbons (Fsp3) is 0.250. The van der Waals surface area contributed by atoms with Gasteiger partial charge in [-0.2, -0.15) is 0 Å². The molecule has 0 saturated carbocycles. The molecule has 2 heterocycles. The second kappa shape index (κ2) is 6.92. The highest BCUT2D eigenvalue weighted by Crippen LogP contribution is 2.31. The van der Waals surface area contributed by atoms with Gasteiger partial charge >= 0.3 is 5.97 Å². The number of aromatic nitrogens is 2. The van der Waals surface area contributed by atoms with E-state index in [1.807, 2.05) is 18.2 Å². The second-order valence-electron chi connectivity index (χ2n) is 6.48. The van der Waals surface area contributed by atoms with E-state index in [1.165, 1.54) is 18.5 Å². The van der Waals surface area contributed by atoms with Crippen LogP contribution in [0.4, 0.5) is 10.1 Å². The van der Waals surface area contributed by atoms with E-state index in [2.05, 4.69) is 14.9 Å². The fourth-order valence-corrected chi connectivity index (χ4v) is 3.36. The van der Waals surface area contributed by atoms with Crippen LogP contribution >= 0.6 is 0 Å². The van der Waals surface area contributed by atoms with Gasteiger partial charge in [0.15, 0.2) is 0 Å². The van der Waals surface area contributed by atoms with Gasteiger partial charge in [0.05, 0.1) is 30.0 Å². The highest BCUT2D eigenvalue weighted by atomic mass is 19.1. The van der Waals surface area contributed by atoms with Crippen molar-refractivity contribution in [3.8, 4) is 11.3 Å². The highest BCUT2D eigenvalue weighted by Gasteiger charge is 2.18. The van der Waals surface area contributed by atoms with Gasteiger partial charge in [-0.1, -0.05) is 0 Å². The molecule has 1 saturated heterocycles. The molecule has 138 valence electrons. The van der Waals surface area contributed by atoms with Gasteiger partial charge in [-0.15, -0.1) is 0 Å². The summed E-state index contributed by atoms with van der Waals surface area (Å²) < 4.78 is 20.0. The number of anilines is 1. The van der Waals surface area contributed by atoms with Gasteiger partial charge in [-0.25, -0.2) is 19.2 Å². The molecule has 0 spiro atoms. The first-order valence-electron chi connectivity index (χ1n) is 8.66. The molecule has 1 fully saturated rings. The van der Waals surface area contributed by atoms with Gasteiger partial charge < -0.3 is 14.7 Å². The van der Waals surface area contributed by atoms with Crippen molar-refractivity contribution >= 4 is 22.6 Å². The molecule has 1 aromatic heterocycles. The van der Waals surface area contributed by atoms with E-state index in [4.69, 9.17) is 4.74 Å². The number of carboxylic acids is 1. The predicted octanol–water partition coefficient (Wildman–Crippen LogP) is 3.28. The molecule has 7 heteroatoms. The number of aromatic carboxylic acids is 1. The van der Waals surface area contributed by atoms with Crippen molar-refractivity contribution < 1.29 is 19.0 Å². The van der Waals surface area contributed by atoms with E-state index in [-0.39, 0.29) is 11.1 Å². The van der Waals surface area contributed by atoms with Crippen molar-refractivity contribution in [3.63, 3.8) is 0 Å². The Morgan fingerprint density at radius 3 is 2.70 bits per heavy atom. The van der Waals surface area contributed by atoms with E-state index in [9.17, 15) is 14.3 Å². The zero-order chi connectivity index (χ0) is 19.0. The summed E-state index contributed by atoms with van der Waals surface area (Å²) in [6.07, 6.45) is 1.38. The average Bonchev–Trinajstić information content (AvgIpc) is 2.68. The van der Waals surface area contributed by atoms with Gasteiger partial charge in [0, 0.05) is 29.7 Å². The highest BCUT2D eigenvalue weighted by molar-refractivity contribution is 5.96. The molecule has 0 aliphatic carbocycles. The largest absolute Gasteiger partial charge is 0.478 e. The number of fused-ring (bicyclic) bond motifs is 1. The maximum absolute atomic E-state index is 14.6. The van der Waals surface area contributed by atoms with Crippen LogP contribution < -0.4 is 4.90 Å². The molecule has 6 nitrogen and oxygen atoms in total. The molecule has 0 bridgehead atoms. The van der Waals surface area contributed by atoms with Crippen LogP contribution in [0.25, 0.3) is 22.2 Å². The average molecular weight is 367 g/mol. The number of carbonyl (C=O) groups is 1. The van der Waals surface area contributed by atoms with Gasteiger partial charge in [0.2, 0.25) is 0 Å². The number of rotatable bonds is 3. The SMILES string of the molecule is Cc1cc(F)c(-c2ncnc3cc(N4CCOCC4)ccc23)cc1C(=O)O. The Labute approximate surface area is 155 Å². The molecule has 0 radical (unpaired) electrons. The number of hydrogen-bond donors (Lipinski definition) is 1. The minimum Gasteiger partial charge on any atom is -0.478 e. The lowest BCUT2D eigenvalue weighted by atomic mass is 9.99. The van der Waals surface area contributed by atoms with Crippen molar-refractivity contribution in [1.29, 1.82) is 0 Å². The van der Waals surface area contributed by atoms with E-state index in [1.54, 1.807) is 6.92 Å². The summed E-state index contributed by atoms with van der Waals surface area (Å²) in [4.78, 5) is 22.2. The second-order valence-corrected chi connectivity index (χ2v) is 6.48. The summed E-state index contributed by atoms with van der Waals surface area (Å²) in [5, 5.41) is 10.0. The summed E-state index contributed by atoms with van der Waals surface area (Å²) in [6, 6.07) is 8.31. The molecular formula is C20H18FN3O3. The number of carboxylic acid groups (broad SMARTS) is 1. The summed E-state index contributed by atoms with van der Waals surface area (Å²) in [5.74, 6) is -1.60. The maximum Gasteiger partial charge on any atom is 0.335 e. The number of nitrogens with zero attached hydrogens (tertiary/aromatic N) is 3. The molecular weight excluding hydrogens is 349 g/mol. The molecule has 0 amide bonds. The van der Waals surface area contributed by atoms with Crippen LogP contribution in [-0.2, 0) is 4.74 Å². The summed E-state index contributed by atoms with van der Waals surface area (Å²) in [7, 11) is 0. The molecule has 3 aromatic rings. The van der Waals surface area contributed by atoms with Crippen molar-refractivity contribution in [1.82, 2.24) is 9.97 Å². The molecule has 1 aliphatic heterocycles. The third-order valence-electron chi connectivity index (χ3n) is 4.80. The van der Waals surface area contributed by atoms with Crippen molar-refractivity contribution in [2.45, 2.75) is 6.92 Å². The molecule has 1 N–H and O–H groups in total. The van der Waals surface area contributed by atoms with Crippen LogP contribution in [0.5, 0.6) is 0 Å². The van der Waals surface area contributed by atoms with Gasteiger partial charge in [0.25, 0.3) is 0 Å². The smallest absolute Gasteiger partial charge is 0.335 e. The first-order valence-corrected chi connectivity index (χ1v) is 8.66. The minimum absolute atomic E-state index is 0.0584. The third-order valence-corrected chi connectivity index (χ3v) is 4.80. The standard InChI is InChI=1S/C20H18FN3O3/c1-12-8-17(21)16(10-15(12)20(25)26)19-14-3-2-13(9-18(14)22-11-23-19)24-4-6-27-7-5-24/h2-3,8-11H,4-7H2,1H3,(H,25,26). The number of benzene rings is 2. The van der Waals surface area contributed by atoms with Crippen LogP contribution in [0, 0.1) is 12.7 Å². The molecule has 27 heavy (non-hydrogen) atoms. The lowest BCUT2D eigenvalue weighted by molar-refractivity contribution is 0.0696. The molecule has 2 aromatic carbocycles. The monoisotopic (exact) mass is 367 g/mol. The van der Waals surface area contributed by atoms with Crippen molar-refractivity contribution in [3.05, 3.63) is 53.6 Å². The van der Waals surface area contributed by atoms with E-state index >= 15 is 0 Å². The zero-order valence-electron chi connectivity index (χ0n) is 14.8. The van der Waals surface area contributed by atoms with Crippen LogP contribution in [0.1, 0.15) is 15.9 Å². The Morgan fingerprint density at radius 2 is 1.96 bits per heavy atom. The van der Waals surface area contributed by atoms with Crippen LogP contribution in [-0.4, -0.2) is 47.3 Å². The lowest BCUT2D eigenvalue weighted by Crippen LogP contribution is -2.36. The van der Waals surface area contributed by atoms with Gasteiger partial charge in [0.1, 0.15) is 12.1 Å². The van der Waals surface area contributed by atoms with Crippen molar-refractivity contribution in [2.24, 2.45) is 0 Å². The number of morpholine rings is 1. The van der Waals surface area contributed by atoms with Gasteiger partial charge in [-0.3, -0.25) is 0 Å². The fourth-order valence-electron chi connectivity index (χ4n) is 3.36. The van der Waals surface area contributed by atoms with E-state index in [0.717, 1.165) is 18.8 Å². The maximum atomic E-state index is 14.6. The Bertz CT molecular complexity index is 1030. The molecule has 0 atom stereocenters. The summed E-state index contributed by atoms with van der Waals surface area (Å²) >= 11 is 0. The number of ether oxygens (including phenoxy) is 1. The van der Waals surface area contributed by atoms with Crippen LogP contribution in [0.2, 0.25) is 0 Å². The van der Waals surface area contributed by atoms with Gasteiger partial charge in [-0.05, 0) is 42.8 Å². The Hall–Kier alpha value is -3.06. The van der Waals surface area contributed by atoms with E-state index in [0.29, 0.717) is 35.4 Å². The number of hydrogen-bond acceptors (Lipinski definition) is 5. The topological polar surface area (TPSA) is 75.5 Å².